The first-order valence-corrected chi connectivity index (χ1v) is 14.1. The quantitative estimate of drug-likeness (QED) is 0.171. The fourth-order valence-corrected chi connectivity index (χ4v) is 6.20. The molecule has 0 aromatic rings. The van der Waals surface area contributed by atoms with E-state index in [9.17, 15) is 39.0 Å². The predicted molar refractivity (Wildman–Crippen MR) is 149 cm³/mol. The van der Waals surface area contributed by atoms with Crippen LogP contribution in [0.2, 0.25) is 0 Å². The highest BCUT2D eigenvalue weighted by molar-refractivity contribution is 5.98. The lowest BCUT2D eigenvalue weighted by molar-refractivity contribution is -0.207. The maximum absolute atomic E-state index is 13.3. The van der Waals surface area contributed by atoms with Crippen LogP contribution in [0.15, 0.2) is 34.8 Å². The zero-order valence-corrected chi connectivity index (χ0v) is 25.3. The van der Waals surface area contributed by atoms with E-state index in [-0.39, 0.29) is 37.9 Å². The molecule has 0 saturated carbocycles. The molecular weight excluding hydrogens is 582 g/mol. The second-order valence-corrected chi connectivity index (χ2v) is 12.1. The summed E-state index contributed by atoms with van der Waals surface area (Å²) in [6.45, 7) is 6.45. The third-order valence-corrected chi connectivity index (χ3v) is 8.29. The molecule has 3 aliphatic rings. The number of rotatable bonds is 8. The first-order chi connectivity index (χ1) is 20.4. The van der Waals surface area contributed by atoms with Crippen molar-refractivity contribution in [1.29, 1.82) is 0 Å². The number of methoxy groups -OCH3 is 1. The number of fused-ring (bicyclic) bond motifs is 3. The van der Waals surface area contributed by atoms with E-state index in [1.165, 1.54) is 6.08 Å². The van der Waals surface area contributed by atoms with E-state index in [2.05, 4.69) is 0 Å². The van der Waals surface area contributed by atoms with Crippen LogP contribution in [0.3, 0.4) is 0 Å². The van der Waals surface area contributed by atoms with Crippen molar-refractivity contribution in [3.05, 3.63) is 34.8 Å². The van der Waals surface area contributed by atoms with Gasteiger partial charge in [-0.1, -0.05) is 12.5 Å². The molecule has 0 aromatic carbocycles. The zero-order chi connectivity index (χ0) is 33.1. The summed E-state index contributed by atoms with van der Waals surface area (Å²) in [5.41, 5.74) is 2.96. The van der Waals surface area contributed by atoms with Crippen LogP contribution >= 0.6 is 0 Å². The minimum absolute atomic E-state index is 0.000356. The van der Waals surface area contributed by atoms with Gasteiger partial charge in [0.05, 0.1) is 18.8 Å². The van der Waals surface area contributed by atoms with E-state index in [1.807, 2.05) is 0 Å². The van der Waals surface area contributed by atoms with Gasteiger partial charge in [-0.15, -0.1) is 0 Å². The number of carboxylic acids is 1. The molecule has 14 nitrogen and oxygen atoms in total. The molecule has 242 valence electrons. The summed E-state index contributed by atoms with van der Waals surface area (Å²) in [5, 5.41) is 31.7. The average Bonchev–Trinajstić information content (AvgIpc) is 2.91. The summed E-state index contributed by atoms with van der Waals surface area (Å²) in [7, 11) is 1.02. The molecule has 14 heteroatoms. The van der Waals surface area contributed by atoms with Gasteiger partial charge < -0.3 is 40.0 Å². The maximum Gasteiger partial charge on any atom is 0.348 e. The third kappa shape index (κ3) is 7.36. The number of aliphatic carboxylic acids is 1. The Hall–Kier alpha value is -4.04. The van der Waals surface area contributed by atoms with Gasteiger partial charge in [0.25, 0.3) is 0 Å². The monoisotopic (exact) mass is 621 g/mol. The fourth-order valence-electron chi connectivity index (χ4n) is 6.20. The van der Waals surface area contributed by atoms with Crippen molar-refractivity contribution in [1.82, 2.24) is 0 Å². The van der Waals surface area contributed by atoms with Gasteiger partial charge in [-0.25, -0.2) is 19.2 Å². The molecule has 1 fully saturated rings. The number of carbonyl (C=O) groups excluding carboxylic acids is 5. The van der Waals surface area contributed by atoms with Crippen molar-refractivity contribution < 1.29 is 63.0 Å². The number of aliphatic hydroxyl groups is 2. The molecule has 1 aliphatic heterocycles. The van der Waals surface area contributed by atoms with Gasteiger partial charge >= 0.3 is 29.8 Å². The number of allylic oxidation sites excluding steroid dienone is 4. The Labute approximate surface area is 253 Å². The zero-order valence-electron chi connectivity index (χ0n) is 25.3. The molecule has 2 bridgehead atoms. The van der Waals surface area contributed by atoms with Crippen LogP contribution in [0, 0.1) is 17.3 Å². The highest BCUT2D eigenvalue weighted by Crippen LogP contribution is 2.50. The molecule has 1 unspecified atom stereocenters. The summed E-state index contributed by atoms with van der Waals surface area (Å²) in [6.07, 6.45) is -2.04. The van der Waals surface area contributed by atoms with E-state index in [1.54, 1.807) is 27.7 Å². The number of carbonyl (C=O) groups is 6. The summed E-state index contributed by atoms with van der Waals surface area (Å²) in [6, 6.07) is -1.30. The molecule has 0 aromatic heterocycles. The lowest BCUT2D eigenvalue weighted by Gasteiger charge is -2.46. The van der Waals surface area contributed by atoms with Crippen LogP contribution in [-0.2, 0) is 47.7 Å². The van der Waals surface area contributed by atoms with Crippen LogP contribution in [0.4, 0.5) is 0 Å². The molecule has 1 saturated heterocycles. The summed E-state index contributed by atoms with van der Waals surface area (Å²) in [5.74, 6) is -8.71. The largest absolute Gasteiger partial charge is 0.513 e. The molecule has 0 spiro atoms. The molecule has 1 heterocycles. The van der Waals surface area contributed by atoms with E-state index >= 15 is 0 Å². The van der Waals surface area contributed by atoms with Gasteiger partial charge in [-0.05, 0) is 57.6 Å². The average molecular weight is 622 g/mol. The van der Waals surface area contributed by atoms with Gasteiger partial charge in [0.2, 0.25) is 6.10 Å². The van der Waals surface area contributed by atoms with Gasteiger partial charge in [0, 0.05) is 30.8 Å². The lowest BCUT2D eigenvalue weighted by atomic mass is 9.62. The second kappa shape index (κ2) is 13.3. The Kier molecular flexibility index (Phi) is 10.4. The molecule has 0 amide bonds. The van der Waals surface area contributed by atoms with Crippen molar-refractivity contribution in [2.75, 3.05) is 7.11 Å². The molecule has 3 rings (SSSR count). The van der Waals surface area contributed by atoms with Gasteiger partial charge in [-0.3, -0.25) is 9.59 Å². The van der Waals surface area contributed by atoms with Gasteiger partial charge in [-0.2, -0.15) is 0 Å². The minimum Gasteiger partial charge on any atom is -0.513 e. The number of hydrogen-bond acceptors (Lipinski definition) is 13. The van der Waals surface area contributed by atoms with E-state index in [4.69, 9.17) is 29.8 Å². The number of ketones is 1. The Bertz CT molecular complexity index is 1330. The number of nitrogens with two attached hydrogens (primary N) is 1. The van der Waals surface area contributed by atoms with Gasteiger partial charge in [0.15, 0.2) is 17.1 Å². The molecular formula is C30H39NO13. The van der Waals surface area contributed by atoms with Crippen LogP contribution in [-0.4, -0.2) is 81.9 Å². The van der Waals surface area contributed by atoms with Gasteiger partial charge in [0.1, 0.15) is 12.1 Å². The summed E-state index contributed by atoms with van der Waals surface area (Å²) >= 11 is 0. The van der Waals surface area contributed by atoms with Crippen LogP contribution in [0.25, 0.3) is 0 Å². The topological polar surface area (TPSA) is 226 Å². The summed E-state index contributed by atoms with van der Waals surface area (Å²) in [4.78, 5) is 75.6. The molecule has 0 radical (unpaired) electrons. The molecule has 2 aliphatic carbocycles. The van der Waals surface area contributed by atoms with E-state index in [0.29, 0.717) is 11.1 Å². The van der Waals surface area contributed by atoms with Crippen LogP contribution in [0.5, 0.6) is 0 Å². The Morgan fingerprint density at radius 2 is 1.84 bits per heavy atom. The second-order valence-electron chi connectivity index (χ2n) is 12.1. The first kappa shape index (κ1) is 34.5. The minimum atomic E-state index is -2.53. The number of ether oxygens (including phenoxy) is 4. The smallest absolute Gasteiger partial charge is 0.348 e. The highest BCUT2D eigenvalue weighted by atomic mass is 16.6. The Morgan fingerprint density at radius 1 is 1.18 bits per heavy atom. The number of aliphatic hydroxyl groups excluding tert-OH is 1. The standard InChI is InChI=1S/C30H39NO13/c1-14(2)8-23(36)43-25-19-10-17(42-27(25)38)9-18-15(3)24(44-26(37)20(31)6-7-22(34)35)21(33)13-29(18,4)11-16(32)12-30(19,40)28(39)41-5/h8,11,17-20,25,32,40H,6-7,9-10,12-13,31H2,1-5H3,(H,34,35)/b16-11-/t17-,18?,19+,20+,25-,29+,30-/m1/s1. The van der Waals surface area contributed by atoms with E-state index < -0.39 is 88.9 Å². The molecule has 44 heavy (non-hydrogen) atoms. The van der Waals surface area contributed by atoms with E-state index in [0.717, 1.165) is 13.2 Å². The molecule has 7 atom stereocenters. The fraction of sp³-hybridized carbons (Fsp3) is 0.600. The Balaban J connectivity index is 2.07. The first-order valence-electron chi connectivity index (χ1n) is 14.1. The van der Waals surface area contributed by atoms with Crippen molar-refractivity contribution >= 4 is 35.6 Å². The number of carboxylic acid groups (broad SMARTS) is 1. The number of Topliss-reactive ketones (excluding diaryl/α,β-unsaturated/α-hetero) is 1. The summed E-state index contributed by atoms with van der Waals surface area (Å²) < 4.78 is 21.2. The third-order valence-electron chi connectivity index (χ3n) is 8.29. The lowest BCUT2D eigenvalue weighted by Crippen LogP contribution is -2.59. The van der Waals surface area contributed by atoms with Crippen molar-refractivity contribution in [3.8, 4) is 0 Å². The number of esters is 4. The normalized spacial score (nSPS) is 32.1. The van der Waals surface area contributed by atoms with Crippen molar-refractivity contribution in [3.63, 3.8) is 0 Å². The van der Waals surface area contributed by atoms with Crippen molar-refractivity contribution in [2.45, 2.75) is 90.1 Å². The van der Waals surface area contributed by atoms with Crippen molar-refractivity contribution in [2.24, 2.45) is 23.0 Å². The number of hydrogen-bond donors (Lipinski definition) is 4. The SMILES string of the molecule is COC(=O)[C@@]1(O)C/C(O)=C/[C@@]2(C)CC(=O)C(OC(=O)[C@@H](N)CCC(=O)O)=C(C)C2C[C@@H]2C[C@H]1[C@@H](OC(=O)C=C(C)C)C(=O)O2. The highest BCUT2D eigenvalue weighted by Gasteiger charge is 2.58. The van der Waals surface area contributed by atoms with Crippen LogP contribution < -0.4 is 5.73 Å². The molecule has 5 N–H and O–H groups in total. The maximum atomic E-state index is 13.3. The predicted octanol–water partition coefficient (Wildman–Crippen LogP) is 1.54. The Morgan fingerprint density at radius 3 is 2.43 bits per heavy atom. The van der Waals surface area contributed by atoms with Crippen LogP contribution in [0.1, 0.15) is 66.2 Å².